The Labute approximate surface area is 124 Å². The number of hydrogen-bond donors (Lipinski definition) is 1. The molecule has 1 aromatic heterocycles. The Morgan fingerprint density at radius 3 is 2.89 bits per heavy atom. The topological polar surface area (TPSA) is 28.2 Å². The Morgan fingerprint density at radius 1 is 1.32 bits per heavy atom. The number of piperidine rings is 1. The molecule has 1 aromatic rings. The van der Waals surface area contributed by atoms with Crippen LogP contribution >= 0.6 is 23.2 Å². The van der Waals surface area contributed by atoms with E-state index in [9.17, 15) is 0 Å². The monoisotopic (exact) mass is 299 g/mol. The van der Waals surface area contributed by atoms with Gasteiger partial charge in [-0.2, -0.15) is 0 Å². The van der Waals surface area contributed by atoms with Crippen molar-refractivity contribution >= 4 is 29.0 Å². The summed E-state index contributed by atoms with van der Waals surface area (Å²) in [6, 6.07) is 2.56. The van der Waals surface area contributed by atoms with E-state index in [1.165, 1.54) is 25.7 Å². The third-order valence-corrected chi connectivity index (χ3v) is 4.36. The molecule has 1 saturated carbocycles. The number of rotatable bonds is 4. The van der Waals surface area contributed by atoms with Crippen molar-refractivity contribution in [3.8, 4) is 0 Å². The second-order valence-electron chi connectivity index (χ2n) is 5.60. The quantitative estimate of drug-likeness (QED) is 0.924. The van der Waals surface area contributed by atoms with E-state index < -0.39 is 0 Å². The Kier molecular flexibility index (Phi) is 4.15. The number of halogens is 2. The van der Waals surface area contributed by atoms with Crippen molar-refractivity contribution in [2.75, 3.05) is 24.5 Å². The molecule has 2 fully saturated rings. The zero-order valence-corrected chi connectivity index (χ0v) is 12.4. The van der Waals surface area contributed by atoms with E-state index in [4.69, 9.17) is 23.2 Å². The predicted octanol–water partition coefficient (Wildman–Crippen LogP) is 3.36. The summed E-state index contributed by atoms with van der Waals surface area (Å²) in [5.74, 6) is 1.57. The van der Waals surface area contributed by atoms with Crippen LogP contribution in [0.25, 0.3) is 0 Å². The van der Waals surface area contributed by atoms with Crippen LogP contribution in [0.4, 0.5) is 5.82 Å². The molecule has 0 amide bonds. The van der Waals surface area contributed by atoms with Gasteiger partial charge in [0.2, 0.25) is 0 Å². The van der Waals surface area contributed by atoms with Crippen molar-refractivity contribution < 1.29 is 0 Å². The first-order chi connectivity index (χ1) is 9.22. The Balaban J connectivity index is 1.62. The van der Waals surface area contributed by atoms with Crippen molar-refractivity contribution in [3.63, 3.8) is 0 Å². The summed E-state index contributed by atoms with van der Waals surface area (Å²) in [4.78, 5) is 6.68. The average Bonchev–Trinajstić information content (AvgIpc) is 3.21. The van der Waals surface area contributed by atoms with Crippen LogP contribution in [0.5, 0.6) is 0 Å². The highest BCUT2D eigenvalue weighted by atomic mass is 35.5. The lowest BCUT2D eigenvalue weighted by Crippen LogP contribution is -2.40. The van der Waals surface area contributed by atoms with Gasteiger partial charge in [-0.15, -0.1) is 0 Å². The maximum Gasteiger partial charge on any atom is 0.147 e. The van der Waals surface area contributed by atoms with Crippen LogP contribution in [0.1, 0.15) is 25.7 Å². The van der Waals surface area contributed by atoms with Crippen LogP contribution in [0.2, 0.25) is 10.0 Å². The number of anilines is 1. The normalized spacial score (nSPS) is 23.7. The lowest BCUT2D eigenvalue weighted by Gasteiger charge is -2.34. The van der Waals surface area contributed by atoms with E-state index in [0.29, 0.717) is 16.0 Å². The molecule has 0 aromatic carbocycles. The largest absolute Gasteiger partial charge is 0.355 e. The van der Waals surface area contributed by atoms with Crippen molar-refractivity contribution in [3.05, 3.63) is 22.3 Å². The first-order valence-corrected chi connectivity index (χ1v) is 7.77. The minimum absolute atomic E-state index is 0.595. The van der Waals surface area contributed by atoms with Gasteiger partial charge < -0.3 is 10.2 Å². The van der Waals surface area contributed by atoms with Gasteiger partial charge in [-0.3, -0.25) is 0 Å². The summed E-state index contributed by atoms with van der Waals surface area (Å²) in [6.45, 7) is 3.19. The van der Waals surface area contributed by atoms with Crippen LogP contribution in [0.15, 0.2) is 12.3 Å². The molecule has 0 bridgehead atoms. The third-order valence-electron chi connectivity index (χ3n) is 3.88. The molecule has 104 valence electrons. The van der Waals surface area contributed by atoms with Gasteiger partial charge in [0.15, 0.2) is 0 Å². The standard InChI is InChI=1S/C14H19Cl2N3/c15-11-6-13(16)14(18-8-11)19-5-1-2-10(9-19)7-17-12-3-4-12/h6,8,10,12,17H,1-5,7,9H2. The van der Waals surface area contributed by atoms with Gasteiger partial charge in [0.05, 0.1) is 10.0 Å². The second kappa shape index (κ2) is 5.86. The van der Waals surface area contributed by atoms with Gasteiger partial charge in [-0.25, -0.2) is 4.98 Å². The highest BCUT2D eigenvalue weighted by molar-refractivity contribution is 6.36. The van der Waals surface area contributed by atoms with Gasteiger partial charge >= 0.3 is 0 Å². The number of pyridine rings is 1. The summed E-state index contributed by atoms with van der Waals surface area (Å²) in [6.07, 6.45) is 6.87. The zero-order chi connectivity index (χ0) is 13.2. The molecule has 3 nitrogen and oxygen atoms in total. The SMILES string of the molecule is Clc1cnc(N2CCCC(CNC3CC3)C2)c(Cl)c1. The smallest absolute Gasteiger partial charge is 0.147 e. The number of aromatic nitrogens is 1. The minimum atomic E-state index is 0.595. The van der Waals surface area contributed by atoms with E-state index in [-0.39, 0.29) is 0 Å². The third kappa shape index (κ3) is 3.53. The molecule has 3 rings (SSSR count). The second-order valence-corrected chi connectivity index (χ2v) is 6.44. The van der Waals surface area contributed by atoms with Gasteiger partial charge in [0.25, 0.3) is 0 Å². The first-order valence-electron chi connectivity index (χ1n) is 7.02. The van der Waals surface area contributed by atoms with E-state index in [0.717, 1.165) is 31.5 Å². The van der Waals surface area contributed by atoms with E-state index in [1.807, 2.05) is 0 Å². The summed E-state index contributed by atoms with van der Waals surface area (Å²) in [7, 11) is 0. The predicted molar refractivity (Wildman–Crippen MR) is 80.2 cm³/mol. The summed E-state index contributed by atoms with van der Waals surface area (Å²) >= 11 is 12.1. The Hall–Kier alpha value is -0.510. The highest BCUT2D eigenvalue weighted by Gasteiger charge is 2.25. The van der Waals surface area contributed by atoms with Crippen LogP contribution in [0, 0.1) is 5.92 Å². The molecular formula is C14H19Cl2N3. The van der Waals surface area contributed by atoms with Crippen LogP contribution < -0.4 is 10.2 Å². The Morgan fingerprint density at radius 2 is 2.16 bits per heavy atom. The fourth-order valence-electron chi connectivity index (χ4n) is 2.68. The fraction of sp³-hybridized carbons (Fsp3) is 0.643. The van der Waals surface area contributed by atoms with E-state index in [1.54, 1.807) is 12.3 Å². The summed E-state index contributed by atoms with van der Waals surface area (Å²) < 4.78 is 0. The molecule has 19 heavy (non-hydrogen) atoms. The number of nitrogens with zero attached hydrogens (tertiary/aromatic N) is 2. The van der Waals surface area contributed by atoms with Crippen LogP contribution in [0.3, 0.4) is 0 Å². The fourth-order valence-corrected chi connectivity index (χ4v) is 3.18. The van der Waals surface area contributed by atoms with Crippen LogP contribution in [-0.4, -0.2) is 30.7 Å². The molecule has 5 heteroatoms. The van der Waals surface area contributed by atoms with Gasteiger partial charge in [0.1, 0.15) is 5.82 Å². The average molecular weight is 300 g/mol. The lowest BCUT2D eigenvalue weighted by molar-refractivity contribution is 0.389. The van der Waals surface area contributed by atoms with Crippen molar-refractivity contribution in [1.29, 1.82) is 0 Å². The molecule has 1 unspecified atom stereocenters. The maximum atomic E-state index is 6.24. The molecule has 1 atom stereocenters. The van der Waals surface area contributed by atoms with Crippen LogP contribution in [-0.2, 0) is 0 Å². The molecule has 1 saturated heterocycles. The van der Waals surface area contributed by atoms with Crippen molar-refractivity contribution in [2.45, 2.75) is 31.7 Å². The lowest BCUT2D eigenvalue weighted by atomic mass is 9.98. The first kappa shape index (κ1) is 13.5. The highest BCUT2D eigenvalue weighted by Crippen LogP contribution is 2.29. The van der Waals surface area contributed by atoms with Gasteiger partial charge in [-0.1, -0.05) is 23.2 Å². The van der Waals surface area contributed by atoms with Gasteiger partial charge in [-0.05, 0) is 44.2 Å². The molecule has 1 N–H and O–H groups in total. The molecule has 1 aliphatic carbocycles. The molecule has 0 spiro atoms. The molecular weight excluding hydrogens is 281 g/mol. The van der Waals surface area contributed by atoms with E-state index >= 15 is 0 Å². The molecule has 1 aliphatic heterocycles. The minimum Gasteiger partial charge on any atom is -0.355 e. The molecule has 2 heterocycles. The molecule has 0 radical (unpaired) electrons. The zero-order valence-electron chi connectivity index (χ0n) is 10.9. The Bertz CT molecular complexity index is 448. The maximum absolute atomic E-state index is 6.24. The number of nitrogens with one attached hydrogen (secondary N) is 1. The number of hydrogen-bond acceptors (Lipinski definition) is 3. The van der Waals surface area contributed by atoms with E-state index in [2.05, 4.69) is 15.2 Å². The summed E-state index contributed by atoms with van der Waals surface area (Å²) in [5.41, 5.74) is 0. The van der Waals surface area contributed by atoms with Crippen molar-refractivity contribution in [1.82, 2.24) is 10.3 Å². The summed E-state index contributed by atoms with van der Waals surface area (Å²) in [5, 5.41) is 4.87. The molecule has 2 aliphatic rings. The van der Waals surface area contributed by atoms with Crippen molar-refractivity contribution in [2.24, 2.45) is 5.92 Å². The van der Waals surface area contributed by atoms with Gasteiger partial charge in [0, 0.05) is 25.3 Å².